The van der Waals surface area contributed by atoms with Crippen LogP contribution in [0.5, 0.6) is 0 Å². The molecule has 15 aromatic carbocycles. The summed E-state index contributed by atoms with van der Waals surface area (Å²) in [5.74, 6) is -0.615. The third-order valence-corrected chi connectivity index (χ3v) is 23.7. The molecule has 2 aliphatic rings. The molecule has 1 atom stereocenters. The predicted octanol–water partition coefficient (Wildman–Crippen LogP) is 29.8. The van der Waals surface area contributed by atoms with Crippen LogP contribution in [0.3, 0.4) is 0 Å². The van der Waals surface area contributed by atoms with Gasteiger partial charge in [-0.25, -0.2) is 0 Å². The first-order chi connectivity index (χ1) is 60.0. The number of para-hydroxylation sites is 4. The maximum absolute atomic E-state index is 9.72. The van der Waals surface area contributed by atoms with Crippen molar-refractivity contribution in [3.05, 3.63) is 354 Å². The first-order valence-electron chi connectivity index (χ1n) is 45.5. The van der Waals surface area contributed by atoms with Gasteiger partial charge in [-0.05, 0) is 210 Å². The van der Waals surface area contributed by atoms with E-state index >= 15 is 0 Å². The third kappa shape index (κ3) is 10.7. The van der Waals surface area contributed by atoms with Crippen LogP contribution in [-0.2, 0) is 21.7 Å². The summed E-state index contributed by atoms with van der Waals surface area (Å²) in [4.78, 5) is 4.67. The van der Waals surface area contributed by atoms with Gasteiger partial charge in [-0.1, -0.05) is 277 Å². The Kier molecular flexibility index (Phi) is 12.2. The van der Waals surface area contributed by atoms with Gasteiger partial charge in [0.05, 0.1) is 90.7 Å². The number of fused-ring (bicyclic) bond motifs is 16. The third-order valence-electron chi connectivity index (χ3n) is 23.7. The molecule has 0 saturated carbocycles. The van der Waals surface area contributed by atoms with Crippen molar-refractivity contribution in [3.8, 4) is 50.4 Å². The Bertz CT molecular complexity index is 7700. The lowest BCUT2D eigenvalue weighted by molar-refractivity contribution is 0.590. The van der Waals surface area contributed by atoms with Crippen LogP contribution in [0.2, 0.25) is 0 Å². The van der Waals surface area contributed by atoms with Gasteiger partial charge < -0.3 is 27.9 Å². The second-order valence-electron chi connectivity index (χ2n) is 34.8. The number of anilines is 6. The van der Waals surface area contributed by atoms with Crippen molar-refractivity contribution in [2.24, 2.45) is 0 Å². The standard InChI is InChI=1S/C107H89N5O/c1-104(2,3)71-43-50-90-84(58-71)85-59-72(105(4,5)6)44-51-91(85)108(90)75-47-49-83-97(62-75)112(95-41-27-37-81-80-36-26-40-94(102(80)113-103(81)95)111-88-38-24-22-34-78(88)79-35-23-25-39-89(79)111)99-64-77(109-92-52-45-73(106(7,8)9)60-86(92)87-61-74(107(10,11)12)46-53-93(87)109)63-98-101(99)100(83)82-48-42-68(65-28-16-13-17-29-65)57-96(82)110(98)76-55-69(66-30-18-14-19-31-66)54-70(56-76)67-32-20-15-21-33-67/h13-64,100H,1-12H3/i13D,16D,17D,22D,23D,24D,25D,28D,29D,34D,35D,38D,39D. The molecule has 0 fully saturated rings. The summed E-state index contributed by atoms with van der Waals surface area (Å²) in [5, 5.41) is 5.53. The van der Waals surface area contributed by atoms with Crippen molar-refractivity contribution in [1.82, 2.24) is 13.7 Å². The van der Waals surface area contributed by atoms with Crippen LogP contribution in [0.1, 0.15) is 146 Å². The number of nitrogens with zero attached hydrogens (tertiary/aromatic N) is 5. The summed E-state index contributed by atoms with van der Waals surface area (Å²) in [5.41, 5.74) is 21.8. The highest BCUT2D eigenvalue weighted by Crippen LogP contribution is 2.63. The van der Waals surface area contributed by atoms with Crippen LogP contribution in [0.25, 0.3) is 138 Å². The van der Waals surface area contributed by atoms with E-state index in [1.807, 2.05) is 72.8 Å². The van der Waals surface area contributed by atoms with Crippen LogP contribution in [0.4, 0.5) is 34.1 Å². The smallest absolute Gasteiger partial charge is 0.159 e. The largest absolute Gasteiger partial charge is 0.452 e. The van der Waals surface area contributed by atoms with E-state index in [1.165, 1.54) is 26.8 Å². The average Bonchev–Trinajstić information content (AvgIpc) is 1.11. The van der Waals surface area contributed by atoms with E-state index in [2.05, 4.69) is 260 Å². The van der Waals surface area contributed by atoms with Crippen molar-refractivity contribution in [2.45, 2.75) is 111 Å². The van der Waals surface area contributed by atoms with Crippen molar-refractivity contribution < 1.29 is 22.2 Å². The minimum atomic E-state index is -0.615. The zero-order chi connectivity index (χ0) is 88.2. The number of hydrogen-bond donors (Lipinski definition) is 0. The van der Waals surface area contributed by atoms with E-state index in [4.69, 9.17) is 8.53 Å². The number of benzene rings is 15. The molecule has 0 radical (unpaired) electrons. The Hall–Kier alpha value is -12.9. The molecular formula is C107H89N5O. The number of rotatable bonds is 8. The second-order valence-corrected chi connectivity index (χ2v) is 34.8. The van der Waals surface area contributed by atoms with Crippen molar-refractivity contribution in [1.29, 1.82) is 0 Å². The highest BCUT2D eigenvalue weighted by atomic mass is 16.3. The zero-order valence-electron chi connectivity index (χ0n) is 78.2. The summed E-state index contributed by atoms with van der Waals surface area (Å²) in [7, 11) is 0. The molecule has 4 aromatic heterocycles. The lowest BCUT2D eigenvalue weighted by Gasteiger charge is -2.45. The van der Waals surface area contributed by atoms with Gasteiger partial charge in [-0.3, -0.25) is 0 Å². The normalized spacial score (nSPS) is 15.5. The maximum atomic E-state index is 9.72. The van der Waals surface area contributed by atoms with E-state index < -0.39 is 72.4 Å². The first kappa shape index (κ1) is 55.5. The van der Waals surface area contributed by atoms with Gasteiger partial charge in [0.15, 0.2) is 11.2 Å². The molecule has 6 heterocycles. The fourth-order valence-corrected chi connectivity index (χ4v) is 17.9. The summed E-state index contributed by atoms with van der Waals surface area (Å²) < 4.78 is 136. The van der Waals surface area contributed by atoms with Gasteiger partial charge in [0.1, 0.15) is 0 Å². The molecule has 0 saturated heterocycles. The first-order valence-corrected chi connectivity index (χ1v) is 39.0. The quantitative estimate of drug-likeness (QED) is 0.152. The molecular weight excluding hydrogens is 1370 g/mol. The monoisotopic (exact) mass is 1470 g/mol. The van der Waals surface area contributed by atoms with Gasteiger partial charge in [-0.2, -0.15) is 0 Å². The van der Waals surface area contributed by atoms with Crippen molar-refractivity contribution in [3.63, 3.8) is 0 Å². The van der Waals surface area contributed by atoms with Crippen molar-refractivity contribution in [2.75, 3.05) is 9.80 Å². The second kappa shape index (κ2) is 24.8. The molecule has 0 spiro atoms. The van der Waals surface area contributed by atoms with Gasteiger partial charge in [-0.15, -0.1) is 0 Å². The zero-order valence-corrected chi connectivity index (χ0v) is 65.2. The Morgan fingerprint density at radius 2 is 0.681 bits per heavy atom. The molecule has 0 bridgehead atoms. The highest BCUT2D eigenvalue weighted by Gasteiger charge is 2.44. The lowest BCUT2D eigenvalue weighted by atomic mass is 9.75. The van der Waals surface area contributed by atoms with E-state index in [0.717, 1.165) is 117 Å². The molecule has 0 amide bonds. The minimum absolute atomic E-state index is 0.0396. The van der Waals surface area contributed by atoms with Crippen molar-refractivity contribution >= 4 is 121 Å². The number of furan rings is 1. The van der Waals surface area contributed by atoms with Gasteiger partial charge in [0.2, 0.25) is 0 Å². The van der Waals surface area contributed by atoms with Gasteiger partial charge in [0, 0.05) is 65.9 Å². The molecule has 19 aromatic rings. The topological polar surface area (TPSA) is 34.4 Å². The van der Waals surface area contributed by atoms with Crippen LogP contribution in [0.15, 0.2) is 320 Å². The van der Waals surface area contributed by atoms with E-state index in [0.29, 0.717) is 33.3 Å². The molecule has 6 nitrogen and oxygen atoms in total. The fraction of sp³-hybridized carbons (Fsp3) is 0.159. The maximum Gasteiger partial charge on any atom is 0.159 e. The Morgan fingerprint density at radius 3 is 1.18 bits per heavy atom. The molecule has 1 unspecified atom stereocenters. The predicted molar refractivity (Wildman–Crippen MR) is 478 cm³/mol. The van der Waals surface area contributed by atoms with Crippen LogP contribution >= 0.6 is 0 Å². The number of hydrogen-bond acceptors (Lipinski definition) is 3. The fourth-order valence-electron chi connectivity index (χ4n) is 17.9. The molecule has 0 N–H and O–H groups in total. The SMILES string of the molecule is [2H]c1c([2H])c([2H])c(-c2ccc3c(c2)N(c2cc(-c4ccccc4)cc(-c4ccccc4)c2)c2cc(-n4c5ccc(C(C)(C)C)cc5c5cc(C(C)(C)C)ccc54)cc4c2C3c2ccc(-n3c5ccc(C(C)(C)C)cc5c5cc(C(C)(C)C)ccc53)cc2N4c2cccc3c2oc2c(-n4c5c([2H])c([2H])c([2H])c([2H])c5c5c([2H])c([2H])c([2H])c([2H])c54)cccc23)c([2H])c1[2H]. The molecule has 548 valence electrons. The van der Waals surface area contributed by atoms with Crippen LogP contribution in [0, 0.1) is 0 Å². The summed E-state index contributed by atoms with van der Waals surface area (Å²) in [6.07, 6.45) is 0. The molecule has 21 rings (SSSR count). The van der Waals surface area contributed by atoms with Gasteiger partial charge in [0.25, 0.3) is 0 Å². The Labute approximate surface area is 678 Å². The Balaban J connectivity index is 0.945. The number of aromatic nitrogens is 3. The summed E-state index contributed by atoms with van der Waals surface area (Å²) in [6.45, 7) is 27.0. The highest BCUT2D eigenvalue weighted by molar-refractivity contribution is 6.17. The minimum Gasteiger partial charge on any atom is -0.452 e. The van der Waals surface area contributed by atoms with E-state index in [-0.39, 0.29) is 72.4 Å². The molecule has 0 aliphatic carbocycles. The molecule has 6 heteroatoms. The average molecular weight is 1470 g/mol. The molecule has 2 aliphatic heterocycles. The van der Waals surface area contributed by atoms with E-state index in [9.17, 15) is 13.7 Å². The van der Waals surface area contributed by atoms with E-state index in [1.54, 1.807) is 6.07 Å². The molecule has 113 heavy (non-hydrogen) atoms. The lowest BCUT2D eigenvalue weighted by Crippen LogP contribution is -2.30. The Morgan fingerprint density at radius 1 is 0.257 bits per heavy atom. The summed E-state index contributed by atoms with van der Waals surface area (Å²) in [6, 6.07) is 78.0. The van der Waals surface area contributed by atoms with Crippen LogP contribution < -0.4 is 9.80 Å². The van der Waals surface area contributed by atoms with Crippen LogP contribution in [-0.4, -0.2) is 13.7 Å². The summed E-state index contributed by atoms with van der Waals surface area (Å²) >= 11 is 0. The van der Waals surface area contributed by atoms with Gasteiger partial charge >= 0.3 is 0 Å².